The zero-order valence-corrected chi connectivity index (χ0v) is 15.3. The third-order valence-corrected chi connectivity index (χ3v) is 4.54. The number of nitrogens with zero attached hydrogens (tertiary/aromatic N) is 2. The van der Waals surface area contributed by atoms with Crippen molar-refractivity contribution in [2.45, 2.75) is 6.54 Å². The van der Waals surface area contributed by atoms with Gasteiger partial charge in [0.1, 0.15) is 0 Å². The summed E-state index contributed by atoms with van der Waals surface area (Å²) in [6.45, 7) is 1.97. The highest BCUT2D eigenvalue weighted by Gasteiger charge is 2.08. The number of hydrogen-bond donors (Lipinski definition) is 2. The number of halogens is 1. The molecule has 0 unspecified atom stereocenters. The van der Waals surface area contributed by atoms with Crippen molar-refractivity contribution in [3.63, 3.8) is 0 Å². The lowest BCUT2D eigenvalue weighted by atomic mass is 10.3. The zero-order chi connectivity index (χ0) is 18.2. The number of thiophene rings is 1. The molecule has 0 atom stereocenters. The van der Waals surface area contributed by atoms with Crippen LogP contribution in [0.15, 0.2) is 36.4 Å². The molecule has 0 fully saturated rings. The molecule has 2 N–H and O–H groups in total. The van der Waals surface area contributed by atoms with E-state index in [-0.39, 0.29) is 11.6 Å². The van der Waals surface area contributed by atoms with E-state index in [1.807, 2.05) is 24.1 Å². The van der Waals surface area contributed by atoms with Crippen molar-refractivity contribution in [1.82, 2.24) is 10.2 Å². The van der Waals surface area contributed by atoms with Crippen LogP contribution in [0.1, 0.15) is 4.88 Å². The molecular formula is C16H19ClN4O3S. The monoisotopic (exact) mass is 382 g/mol. The summed E-state index contributed by atoms with van der Waals surface area (Å²) < 4.78 is 0.741. The molecule has 1 aromatic carbocycles. The Labute approximate surface area is 154 Å². The number of benzene rings is 1. The van der Waals surface area contributed by atoms with E-state index in [0.29, 0.717) is 26.2 Å². The minimum Gasteiger partial charge on any atom is -0.383 e. The molecule has 1 amide bonds. The van der Waals surface area contributed by atoms with Gasteiger partial charge in [-0.25, -0.2) is 0 Å². The van der Waals surface area contributed by atoms with Crippen LogP contribution in [0.4, 0.5) is 11.4 Å². The zero-order valence-electron chi connectivity index (χ0n) is 13.7. The number of carbonyl (C=O) groups is 1. The highest BCUT2D eigenvalue weighted by molar-refractivity contribution is 7.16. The maximum absolute atomic E-state index is 11.9. The Hall–Kier alpha value is -2.16. The minimum absolute atomic E-state index is 0.0499. The molecular weight excluding hydrogens is 364 g/mol. The molecule has 1 heterocycles. The quantitative estimate of drug-likeness (QED) is 0.395. The number of nitrogens with one attached hydrogen (secondary N) is 2. The third-order valence-electron chi connectivity index (χ3n) is 3.32. The summed E-state index contributed by atoms with van der Waals surface area (Å²) >= 11 is 7.39. The minimum atomic E-state index is -0.440. The fraction of sp³-hybridized carbons (Fsp3) is 0.312. The lowest BCUT2D eigenvalue weighted by Crippen LogP contribution is -2.36. The number of nitro groups is 1. The first-order chi connectivity index (χ1) is 11.9. The Kier molecular flexibility index (Phi) is 7.17. The first-order valence-electron chi connectivity index (χ1n) is 7.62. The van der Waals surface area contributed by atoms with E-state index in [1.54, 1.807) is 12.1 Å². The van der Waals surface area contributed by atoms with Crippen molar-refractivity contribution in [2.75, 3.05) is 32.0 Å². The summed E-state index contributed by atoms with van der Waals surface area (Å²) in [5.74, 6) is -0.0596. The van der Waals surface area contributed by atoms with E-state index in [1.165, 1.54) is 23.5 Å². The van der Waals surface area contributed by atoms with Crippen LogP contribution in [-0.4, -0.2) is 42.4 Å². The molecule has 25 heavy (non-hydrogen) atoms. The van der Waals surface area contributed by atoms with Gasteiger partial charge in [0.15, 0.2) is 0 Å². The number of non-ortho nitro benzene ring substituents is 1. The Morgan fingerprint density at radius 3 is 2.56 bits per heavy atom. The molecule has 7 nitrogen and oxygen atoms in total. The van der Waals surface area contributed by atoms with Crippen molar-refractivity contribution in [2.24, 2.45) is 0 Å². The van der Waals surface area contributed by atoms with Crippen molar-refractivity contribution in [3.05, 3.63) is 55.7 Å². The summed E-state index contributed by atoms with van der Waals surface area (Å²) in [5, 5.41) is 16.5. The van der Waals surface area contributed by atoms with E-state index in [4.69, 9.17) is 11.6 Å². The van der Waals surface area contributed by atoms with E-state index in [2.05, 4.69) is 10.6 Å². The highest BCUT2D eigenvalue weighted by Crippen LogP contribution is 2.22. The fourth-order valence-electron chi connectivity index (χ4n) is 2.17. The van der Waals surface area contributed by atoms with Crippen molar-refractivity contribution in [3.8, 4) is 0 Å². The number of hydrogen-bond acceptors (Lipinski definition) is 6. The number of rotatable bonds is 9. The Morgan fingerprint density at radius 2 is 1.96 bits per heavy atom. The molecule has 2 rings (SSSR count). The molecule has 9 heteroatoms. The van der Waals surface area contributed by atoms with Crippen molar-refractivity contribution in [1.29, 1.82) is 0 Å². The van der Waals surface area contributed by atoms with Gasteiger partial charge in [0.25, 0.3) is 5.69 Å². The number of amides is 1. The van der Waals surface area contributed by atoms with Crippen molar-refractivity contribution < 1.29 is 9.72 Å². The molecule has 0 saturated carbocycles. The molecule has 0 aliphatic rings. The van der Waals surface area contributed by atoms with Gasteiger partial charge in [-0.1, -0.05) is 11.6 Å². The van der Waals surface area contributed by atoms with Crippen LogP contribution >= 0.6 is 22.9 Å². The lowest BCUT2D eigenvalue weighted by Gasteiger charge is -2.15. The number of carbonyl (C=O) groups excluding carboxylic acids is 1. The fourth-order valence-corrected chi connectivity index (χ4v) is 3.34. The largest absolute Gasteiger partial charge is 0.383 e. The summed E-state index contributed by atoms with van der Waals surface area (Å²) in [6, 6.07) is 9.95. The van der Waals surface area contributed by atoms with Crippen LogP contribution in [0, 0.1) is 10.1 Å². The molecule has 2 aromatic rings. The predicted octanol–water partition coefficient (Wildman–Crippen LogP) is 2.97. The van der Waals surface area contributed by atoms with Crippen LogP contribution in [0.3, 0.4) is 0 Å². The average Bonchev–Trinajstić information content (AvgIpc) is 2.96. The van der Waals surface area contributed by atoms with E-state index in [9.17, 15) is 14.9 Å². The second-order valence-corrected chi connectivity index (χ2v) is 7.26. The van der Waals surface area contributed by atoms with Gasteiger partial charge < -0.3 is 10.6 Å². The summed E-state index contributed by atoms with van der Waals surface area (Å²) in [6.07, 6.45) is 0. The Morgan fingerprint density at radius 1 is 1.24 bits per heavy atom. The maximum Gasteiger partial charge on any atom is 0.269 e. The predicted molar refractivity (Wildman–Crippen MR) is 100 cm³/mol. The highest BCUT2D eigenvalue weighted by atomic mass is 35.5. The molecule has 0 radical (unpaired) electrons. The van der Waals surface area contributed by atoms with Gasteiger partial charge in [0, 0.05) is 42.3 Å². The van der Waals surface area contributed by atoms with Crippen molar-refractivity contribution >= 4 is 40.2 Å². The standard InChI is InChI=1S/C16H19ClN4O3S/c1-20(10-14-6-7-15(17)25-14)11-16(22)19-9-8-18-12-2-4-13(5-3-12)21(23)24/h2-7,18H,8-11H2,1H3,(H,19,22). The second kappa shape index (κ2) is 9.36. The normalized spacial score (nSPS) is 10.7. The first-order valence-corrected chi connectivity index (χ1v) is 8.81. The van der Waals surface area contributed by atoms with Crippen LogP contribution in [-0.2, 0) is 11.3 Å². The maximum atomic E-state index is 11.9. The molecule has 134 valence electrons. The topological polar surface area (TPSA) is 87.5 Å². The van der Waals surface area contributed by atoms with Crippen LogP contribution in [0.25, 0.3) is 0 Å². The van der Waals surface area contributed by atoms with Gasteiger partial charge in [0.05, 0.1) is 15.8 Å². The van der Waals surface area contributed by atoms with Gasteiger partial charge in [-0.05, 0) is 31.3 Å². The number of anilines is 1. The van der Waals surface area contributed by atoms with Gasteiger partial charge in [-0.3, -0.25) is 19.8 Å². The smallest absolute Gasteiger partial charge is 0.269 e. The molecule has 0 bridgehead atoms. The van der Waals surface area contributed by atoms with Gasteiger partial charge in [-0.15, -0.1) is 11.3 Å². The van der Waals surface area contributed by atoms with Gasteiger partial charge in [0.2, 0.25) is 5.91 Å². The van der Waals surface area contributed by atoms with E-state index < -0.39 is 4.92 Å². The van der Waals surface area contributed by atoms with Gasteiger partial charge >= 0.3 is 0 Å². The van der Waals surface area contributed by atoms with Gasteiger partial charge in [-0.2, -0.15) is 0 Å². The van der Waals surface area contributed by atoms with Crippen LogP contribution in [0.2, 0.25) is 4.34 Å². The Balaban J connectivity index is 1.63. The summed E-state index contributed by atoms with van der Waals surface area (Å²) in [4.78, 5) is 25.1. The summed E-state index contributed by atoms with van der Waals surface area (Å²) in [5.41, 5.74) is 0.820. The lowest BCUT2D eigenvalue weighted by molar-refractivity contribution is -0.384. The summed E-state index contributed by atoms with van der Waals surface area (Å²) in [7, 11) is 1.88. The van der Waals surface area contributed by atoms with Crippen LogP contribution in [0.5, 0.6) is 0 Å². The second-order valence-electron chi connectivity index (χ2n) is 5.46. The molecule has 1 aromatic heterocycles. The number of likely N-dealkylation sites (N-methyl/N-ethyl adjacent to an activating group) is 1. The first kappa shape index (κ1) is 19.2. The van der Waals surface area contributed by atoms with E-state index >= 15 is 0 Å². The Bertz CT molecular complexity index is 720. The SMILES string of the molecule is CN(CC(=O)NCCNc1ccc([N+](=O)[O-])cc1)Cc1ccc(Cl)s1. The number of nitro benzene ring substituents is 1. The average molecular weight is 383 g/mol. The third kappa shape index (κ3) is 6.69. The molecule has 0 spiro atoms. The van der Waals surface area contributed by atoms with Crippen LogP contribution < -0.4 is 10.6 Å². The molecule has 0 aliphatic heterocycles. The van der Waals surface area contributed by atoms with E-state index in [0.717, 1.165) is 14.9 Å². The molecule has 0 aliphatic carbocycles. The molecule has 0 saturated heterocycles.